The molecule has 0 aliphatic rings. The first-order valence-corrected chi connectivity index (χ1v) is 10.1. The first kappa shape index (κ1) is 21.8. The highest BCUT2D eigenvalue weighted by molar-refractivity contribution is 6.08. The van der Waals surface area contributed by atoms with Crippen LogP contribution in [0.1, 0.15) is 50.0 Å². The molecule has 0 unspecified atom stereocenters. The van der Waals surface area contributed by atoms with Gasteiger partial charge in [0.2, 0.25) is 0 Å². The van der Waals surface area contributed by atoms with Crippen molar-refractivity contribution in [1.29, 1.82) is 0 Å². The van der Waals surface area contributed by atoms with E-state index < -0.39 is 0 Å². The summed E-state index contributed by atoms with van der Waals surface area (Å²) in [5.41, 5.74) is 3.34. The second-order valence-corrected chi connectivity index (χ2v) is 7.14. The lowest BCUT2D eigenvalue weighted by atomic mass is 10.1. The lowest BCUT2D eigenvalue weighted by molar-refractivity contribution is 0.0951. The topological polar surface area (TPSA) is 87.3 Å². The molecule has 6 heteroatoms. The summed E-state index contributed by atoms with van der Waals surface area (Å²) >= 11 is 0. The molecule has 0 radical (unpaired) electrons. The molecule has 0 spiro atoms. The van der Waals surface area contributed by atoms with E-state index in [0.29, 0.717) is 34.6 Å². The first-order chi connectivity index (χ1) is 15.0. The third-order valence-electron chi connectivity index (χ3n) is 4.70. The number of hydrogen-bond acceptors (Lipinski definition) is 3. The van der Waals surface area contributed by atoms with Crippen molar-refractivity contribution < 1.29 is 14.4 Å². The van der Waals surface area contributed by atoms with Crippen LogP contribution in [0.3, 0.4) is 0 Å². The summed E-state index contributed by atoms with van der Waals surface area (Å²) in [6.07, 6.45) is 0.846. The Morgan fingerprint density at radius 2 is 1.39 bits per heavy atom. The molecule has 0 heterocycles. The predicted molar refractivity (Wildman–Crippen MR) is 123 cm³/mol. The normalized spacial score (nSPS) is 10.3. The highest BCUT2D eigenvalue weighted by atomic mass is 16.2. The second kappa shape index (κ2) is 10.2. The van der Waals surface area contributed by atoms with Gasteiger partial charge in [0, 0.05) is 34.6 Å². The van der Waals surface area contributed by atoms with Gasteiger partial charge in [-0.25, -0.2) is 0 Å². The Bertz CT molecular complexity index is 1090. The average Bonchev–Trinajstić information content (AvgIpc) is 2.79. The summed E-state index contributed by atoms with van der Waals surface area (Å²) in [6.45, 7) is 4.44. The number of hydrogen-bond donors (Lipinski definition) is 3. The molecular formula is C25H25N3O3. The van der Waals surface area contributed by atoms with Crippen LogP contribution in [0.4, 0.5) is 11.4 Å². The van der Waals surface area contributed by atoms with Crippen LogP contribution in [-0.2, 0) is 0 Å². The number of anilines is 2. The fraction of sp³-hybridized carbons (Fsp3) is 0.160. The molecule has 31 heavy (non-hydrogen) atoms. The molecule has 3 aromatic rings. The third kappa shape index (κ3) is 5.79. The lowest BCUT2D eigenvalue weighted by Crippen LogP contribution is -2.24. The minimum Gasteiger partial charge on any atom is -0.352 e. The molecule has 3 aromatic carbocycles. The fourth-order valence-electron chi connectivity index (χ4n) is 2.96. The minimum absolute atomic E-state index is 0.181. The van der Waals surface area contributed by atoms with Crippen LogP contribution in [0.5, 0.6) is 0 Å². The van der Waals surface area contributed by atoms with Gasteiger partial charge in [-0.3, -0.25) is 14.4 Å². The van der Waals surface area contributed by atoms with E-state index in [1.807, 2.05) is 19.9 Å². The van der Waals surface area contributed by atoms with E-state index in [9.17, 15) is 14.4 Å². The van der Waals surface area contributed by atoms with Crippen molar-refractivity contribution in [1.82, 2.24) is 5.32 Å². The molecule has 0 bridgehead atoms. The lowest BCUT2D eigenvalue weighted by Gasteiger charge is -2.12. The van der Waals surface area contributed by atoms with E-state index in [2.05, 4.69) is 16.0 Å². The molecule has 158 valence electrons. The molecule has 6 nitrogen and oxygen atoms in total. The van der Waals surface area contributed by atoms with E-state index in [1.54, 1.807) is 66.7 Å². The molecular weight excluding hydrogens is 390 g/mol. The van der Waals surface area contributed by atoms with E-state index in [0.717, 1.165) is 12.0 Å². The molecule has 0 aromatic heterocycles. The van der Waals surface area contributed by atoms with Gasteiger partial charge >= 0.3 is 0 Å². The van der Waals surface area contributed by atoms with Gasteiger partial charge in [-0.05, 0) is 61.4 Å². The van der Waals surface area contributed by atoms with Gasteiger partial charge in [-0.1, -0.05) is 37.3 Å². The molecule has 0 aliphatic heterocycles. The predicted octanol–water partition coefficient (Wildman–Crippen LogP) is 4.64. The zero-order chi connectivity index (χ0) is 22.2. The van der Waals surface area contributed by atoms with Crippen LogP contribution in [0.15, 0.2) is 72.8 Å². The Kier molecular flexibility index (Phi) is 7.17. The second-order valence-electron chi connectivity index (χ2n) is 7.14. The van der Waals surface area contributed by atoms with Crippen LogP contribution in [-0.4, -0.2) is 24.3 Å². The Balaban J connectivity index is 1.73. The van der Waals surface area contributed by atoms with E-state index in [4.69, 9.17) is 0 Å². The maximum atomic E-state index is 12.8. The van der Waals surface area contributed by atoms with Crippen molar-refractivity contribution in [3.05, 3.63) is 95.1 Å². The Hall–Kier alpha value is -3.93. The standard InChI is InChI=1S/C25H25N3O3/c1-3-14-26-23(29)19-10-7-11-21(15-19)27-25(31)20-13-12-17(2)22(16-20)28-24(30)18-8-5-4-6-9-18/h4-13,15-16H,3,14H2,1-2H3,(H,26,29)(H,27,31)(H,28,30). The van der Waals surface area contributed by atoms with Gasteiger partial charge in [0.05, 0.1) is 0 Å². The molecule has 0 saturated heterocycles. The number of benzene rings is 3. The van der Waals surface area contributed by atoms with E-state index in [1.165, 1.54) is 0 Å². The average molecular weight is 415 g/mol. The molecule has 0 atom stereocenters. The van der Waals surface area contributed by atoms with Crippen molar-refractivity contribution in [2.45, 2.75) is 20.3 Å². The van der Waals surface area contributed by atoms with Crippen molar-refractivity contribution in [2.24, 2.45) is 0 Å². The van der Waals surface area contributed by atoms with Gasteiger partial charge < -0.3 is 16.0 Å². The van der Waals surface area contributed by atoms with Crippen LogP contribution in [0.2, 0.25) is 0 Å². The summed E-state index contributed by atoms with van der Waals surface area (Å²) in [7, 11) is 0. The van der Waals surface area contributed by atoms with E-state index >= 15 is 0 Å². The number of carbonyl (C=O) groups is 3. The van der Waals surface area contributed by atoms with Crippen LogP contribution in [0.25, 0.3) is 0 Å². The van der Waals surface area contributed by atoms with Gasteiger partial charge in [-0.2, -0.15) is 0 Å². The zero-order valence-electron chi connectivity index (χ0n) is 17.6. The molecule has 3 N–H and O–H groups in total. The summed E-state index contributed by atoms with van der Waals surface area (Å²) in [4.78, 5) is 37.4. The van der Waals surface area contributed by atoms with Crippen molar-refractivity contribution in [3.63, 3.8) is 0 Å². The largest absolute Gasteiger partial charge is 0.352 e. The Morgan fingerprint density at radius 1 is 0.710 bits per heavy atom. The smallest absolute Gasteiger partial charge is 0.255 e. The summed E-state index contributed by atoms with van der Waals surface area (Å²) in [5.74, 6) is -0.757. The number of aryl methyl sites for hydroxylation is 1. The maximum Gasteiger partial charge on any atom is 0.255 e. The summed E-state index contributed by atoms with van der Waals surface area (Å²) < 4.78 is 0. The number of amides is 3. The number of carbonyl (C=O) groups excluding carboxylic acids is 3. The van der Waals surface area contributed by atoms with Crippen molar-refractivity contribution in [2.75, 3.05) is 17.2 Å². The Morgan fingerprint density at radius 3 is 2.13 bits per heavy atom. The third-order valence-corrected chi connectivity index (χ3v) is 4.70. The van der Waals surface area contributed by atoms with Crippen molar-refractivity contribution in [3.8, 4) is 0 Å². The number of rotatable bonds is 7. The van der Waals surface area contributed by atoms with Crippen LogP contribution >= 0.6 is 0 Å². The highest BCUT2D eigenvalue weighted by Gasteiger charge is 2.13. The van der Waals surface area contributed by atoms with Gasteiger partial charge in [-0.15, -0.1) is 0 Å². The Labute approximate surface area is 181 Å². The van der Waals surface area contributed by atoms with Crippen LogP contribution in [0, 0.1) is 6.92 Å². The molecule has 3 rings (SSSR count). The number of nitrogens with one attached hydrogen (secondary N) is 3. The van der Waals surface area contributed by atoms with Crippen molar-refractivity contribution >= 4 is 29.1 Å². The van der Waals surface area contributed by atoms with Crippen LogP contribution < -0.4 is 16.0 Å². The molecule has 3 amide bonds. The minimum atomic E-state index is -0.332. The van der Waals surface area contributed by atoms with Gasteiger partial charge in [0.1, 0.15) is 0 Å². The molecule has 0 saturated carbocycles. The van der Waals surface area contributed by atoms with Gasteiger partial charge in [0.25, 0.3) is 17.7 Å². The maximum absolute atomic E-state index is 12.8. The fourth-order valence-corrected chi connectivity index (χ4v) is 2.96. The van der Waals surface area contributed by atoms with Gasteiger partial charge in [0.15, 0.2) is 0 Å². The van der Waals surface area contributed by atoms with E-state index in [-0.39, 0.29) is 17.7 Å². The summed E-state index contributed by atoms with van der Waals surface area (Å²) in [5, 5.41) is 8.48. The molecule has 0 aliphatic carbocycles. The monoisotopic (exact) mass is 415 g/mol. The molecule has 0 fully saturated rings. The SMILES string of the molecule is CCCNC(=O)c1cccc(NC(=O)c2ccc(C)c(NC(=O)c3ccccc3)c2)c1. The summed E-state index contributed by atoms with van der Waals surface area (Å²) in [6, 6.07) is 20.8. The zero-order valence-corrected chi connectivity index (χ0v) is 17.6. The quantitative estimate of drug-likeness (QED) is 0.525. The highest BCUT2D eigenvalue weighted by Crippen LogP contribution is 2.20. The first-order valence-electron chi connectivity index (χ1n) is 10.1.